The van der Waals surface area contributed by atoms with Gasteiger partial charge in [0.05, 0.1) is 31.3 Å². The molecule has 9 nitrogen and oxygen atoms in total. The van der Waals surface area contributed by atoms with Crippen molar-refractivity contribution in [3.05, 3.63) is 77.6 Å². The fraction of sp³-hybridized carbons (Fsp3) is 0.333. The fourth-order valence-corrected chi connectivity index (χ4v) is 4.06. The smallest absolute Gasteiger partial charge is 0.251 e. The van der Waals surface area contributed by atoms with Crippen LogP contribution in [0, 0.1) is 0 Å². The van der Waals surface area contributed by atoms with E-state index in [-0.39, 0.29) is 36.6 Å². The third-order valence-corrected chi connectivity index (χ3v) is 5.86. The molecule has 9 heteroatoms. The summed E-state index contributed by atoms with van der Waals surface area (Å²) in [7, 11) is 0. The van der Waals surface area contributed by atoms with Gasteiger partial charge < -0.3 is 20.4 Å². The minimum Gasteiger partial charge on any atom is -0.508 e. The van der Waals surface area contributed by atoms with E-state index in [1.54, 1.807) is 27.9 Å². The lowest BCUT2D eigenvalue weighted by Crippen LogP contribution is -2.42. The van der Waals surface area contributed by atoms with Gasteiger partial charge in [0.2, 0.25) is 5.91 Å². The first-order chi connectivity index (χ1) is 16.0. The van der Waals surface area contributed by atoms with Gasteiger partial charge in [0.15, 0.2) is 0 Å². The highest BCUT2D eigenvalue weighted by atomic mass is 16.3. The fourth-order valence-electron chi connectivity index (χ4n) is 4.06. The van der Waals surface area contributed by atoms with Gasteiger partial charge in [-0.15, -0.1) is 5.10 Å². The van der Waals surface area contributed by atoms with Crippen molar-refractivity contribution in [3.8, 4) is 5.75 Å². The summed E-state index contributed by atoms with van der Waals surface area (Å²) in [4.78, 5) is 27.9. The second kappa shape index (κ2) is 10.3. The molecular formula is C24H27N5O4. The van der Waals surface area contributed by atoms with Crippen LogP contribution in [0.4, 0.5) is 0 Å². The van der Waals surface area contributed by atoms with Crippen molar-refractivity contribution in [1.29, 1.82) is 0 Å². The minimum absolute atomic E-state index is 0.00253. The SMILES string of the molecule is O=C(NC(CC(=O)N1CCCC(n2cc(CO)nn2)C1)c1ccccc1)c1ccc(O)cc1. The molecule has 0 aliphatic carbocycles. The molecule has 1 aliphatic heterocycles. The zero-order chi connectivity index (χ0) is 23.2. The van der Waals surface area contributed by atoms with Crippen molar-refractivity contribution in [3.63, 3.8) is 0 Å². The highest BCUT2D eigenvalue weighted by Gasteiger charge is 2.28. The zero-order valence-corrected chi connectivity index (χ0v) is 18.2. The molecule has 3 aromatic rings. The number of likely N-dealkylation sites (tertiary alicyclic amines) is 1. The number of aromatic nitrogens is 3. The van der Waals surface area contributed by atoms with Crippen LogP contribution in [0.5, 0.6) is 5.75 Å². The quantitative estimate of drug-likeness (QED) is 0.509. The van der Waals surface area contributed by atoms with Crippen molar-refractivity contribution in [1.82, 2.24) is 25.2 Å². The number of hydrogen-bond acceptors (Lipinski definition) is 6. The van der Waals surface area contributed by atoms with Crippen molar-refractivity contribution in [2.24, 2.45) is 0 Å². The standard InChI is InChI=1S/C24H27N5O4/c30-16-19-14-29(27-26-19)20-7-4-12-28(15-20)23(32)13-22(17-5-2-1-3-6-17)25-24(33)18-8-10-21(31)11-9-18/h1-3,5-6,8-11,14,20,22,30-31H,4,7,12-13,15-16H2,(H,25,33). The van der Waals surface area contributed by atoms with Crippen LogP contribution in [-0.4, -0.2) is 55.0 Å². The molecule has 2 aromatic carbocycles. The van der Waals surface area contributed by atoms with E-state index in [4.69, 9.17) is 0 Å². The second-order valence-electron chi connectivity index (χ2n) is 8.17. The lowest BCUT2D eigenvalue weighted by molar-refractivity contribution is -0.133. The van der Waals surface area contributed by atoms with Crippen LogP contribution < -0.4 is 5.32 Å². The van der Waals surface area contributed by atoms with E-state index in [1.165, 1.54) is 12.1 Å². The molecule has 1 fully saturated rings. The van der Waals surface area contributed by atoms with Gasteiger partial charge in [-0.05, 0) is 42.7 Å². The molecule has 2 amide bonds. The summed E-state index contributed by atoms with van der Waals surface area (Å²) in [6.07, 6.45) is 3.54. The van der Waals surface area contributed by atoms with E-state index in [0.29, 0.717) is 24.3 Å². The average molecular weight is 450 g/mol. The number of nitrogens with one attached hydrogen (secondary N) is 1. The Morgan fingerprint density at radius 1 is 1.12 bits per heavy atom. The number of phenols is 1. The summed E-state index contributed by atoms with van der Waals surface area (Å²) < 4.78 is 1.71. The van der Waals surface area contributed by atoms with Crippen molar-refractivity contribution in [2.45, 2.75) is 38.0 Å². The molecule has 1 saturated heterocycles. The van der Waals surface area contributed by atoms with E-state index in [2.05, 4.69) is 15.6 Å². The number of aliphatic hydroxyl groups excluding tert-OH is 1. The van der Waals surface area contributed by atoms with E-state index in [0.717, 1.165) is 18.4 Å². The topological polar surface area (TPSA) is 121 Å². The molecular weight excluding hydrogens is 422 g/mol. The van der Waals surface area contributed by atoms with Crippen LogP contribution in [0.15, 0.2) is 60.8 Å². The third kappa shape index (κ3) is 5.56. The molecule has 0 bridgehead atoms. The lowest BCUT2D eigenvalue weighted by atomic mass is 10.0. The number of carbonyl (C=O) groups is 2. The summed E-state index contributed by atoms with van der Waals surface area (Å²) in [5, 5.41) is 29.7. The summed E-state index contributed by atoms with van der Waals surface area (Å²) >= 11 is 0. The number of rotatable bonds is 7. The van der Waals surface area contributed by atoms with E-state index in [9.17, 15) is 19.8 Å². The minimum atomic E-state index is -0.493. The number of aromatic hydroxyl groups is 1. The predicted molar refractivity (Wildman–Crippen MR) is 120 cm³/mol. The van der Waals surface area contributed by atoms with Crippen LogP contribution in [0.2, 0.25) is 0 Å². The number of benzene rings is 2. The van der Waals surface area contributed by atoms with Gasteiger partial charge in [0, 0.05) is 18.7 Å². The number of piperidine rings is 1. The van der Waals surface area contributed by atoms with Crippen LogP contribution in [0.25, 0.3) is 0 Å². The Balaban J connectivity index is 1.46. The van der Waals surface area contributed by atoms with Gasteiger partial charge in [-0.3, -0.25) is 9.59 Å². The van der Waals surface area contributed by atoms with Crippen molar-refractivity contribution < 1.29 is 19.8 Å². The molecule has 2 unspecified atom stereocenters. The Kier molecular flexibility index (Phi) is 6.99. The van der Waals surface area contributed by atoms with Crippen LogP contribution in [-0.2, 0) is 11.4 Å². The molecule has 1 aliphatic rings. The summed E-state index contributed by atoms with van der Waals surface area (Å²) in [5.74, 6) is -0.283. The van der Waals surface area contributed by atoms with Gasteiger partial charge >= 0.3 is 0 Å². The number of aliphatic hydroxyl groups is 1. The third-order valence-electron chi connectivity index (χ3n) is 5.86. The second-order valence-corrected chi connectivity index (χ2v) is 8.17. The van der Waals surface area contributed by atoms with Gasteiger partial charge in [-0.1, -0.05) is 35.5 Å². The van der Waals surface area contributed by atoms with Crippen molar-refractivity contribution in [2.75, 3.05) is 13.1 Å². The number of phenolic OH excluding ortho intramolecular Hbond substituents is 1. The number of carbonyl (C=O) groups excluding carboxylic acids is 2. The van der Waals surface area contributed by atoms with E-state index < -0.39 is 6.04 Å². The van der Waals surface area contributed by atoms with E-state index >= 15 is 0 Å². The summed E-state index contributed by atoms with van der Waals surface area (Å²) in [5.41, 5.74) is 1.75. The normalized spacial score (nSPS) is 16.9. The molecule has 4 rings (SSSR count). The number of hydrogen-bond donors (Lipinski definition) is 3. The van der Waals surface area contributed by atoms with Gasteiger partial charge in [-0.25, -0.2) is 4.68 Å². The first-order valence-electron chi connectivity index (χ1n) is 11.0. The molecule has 3 N–H and O–H groups in total. The Labute approximate surface area is 191 Å². The van der Waals surface area contributed by atoms with Crippen molar-refractivity contribution >= 4 is 11.8 Å². The molecule has 0 spiro atoms. The average Bonchev–Trinajstić information content (AvgIpc) is 3.34. The van der Waals surface area contributed by atoms with Crippen LogP contribution in [0.1, 0.15) is 53.0 Å². The summed E-state index contributed by atoms with van der Waals surface area (Å²) in [6.45, 7) is 0.972. The molecule has 0 radical (unpaired) electrons. The molecule has 2 atom stereocenters. The first kappa shape index (κ1) is 22.5. The molecule has 172 valence electrons. The van der Waals surface area contributed by atoms with Gasteiger partial charge in [-0.2, -0.15) is 0 Å². The van der Waals surface area contributed by atoms with E-state index in [1.807, 2.05) is 30.3 Å². The van der Waals surface area contributed by atoms with Gasteiger partial charge in [0.25, 0.3) is 5.91 Å². The maximum atomic E-state index is 13.2. The van der Waals surface area contributed by atoms with Crippen LogP contribution in [0.3, 0.4) is 0 Å². The maximum Gasteiger partial charge on any atom is 0.251 e. The predicted octanol–water partition coefficient (Wildman–Crippen LogP) is 2.20. The number of nitrogens with zero attached hydrogens (tertiary/aromatic N) is 4. The Morgan fingerprint density at radius 2 is 1.88 bits per heavy atom. The largest absolute Gasteiger partial charge is 0.508 e. The highest BCUT2D eigenvalue weighted by molar-refractivity contribution is 5.95. The maximum absolute atomic E-state index is 13.2. The lowest BCUT2D eigenvalue weighted by Gasteiger charge is -2.33. The Bertz CT molecular complexity index is 1080. The van der Waals surface area contributed by atoms with Crippen LogP contribution >= 0.6 is 0 Å². The molecule has 1 aromatic heterocycles. The Morgan fingerprint density at radius 3 is 2.58 bits per heavy atom. The monoisotopic (exact) mass is 449 g/mol. The zero-order valence-electron chi connectivity index (χ0n) is 18.2. The highest BCUT2D eigenvalue weighted by Crippen LogP contribution is 2.24. The molecule has 33 heavy (non-hydrogen) atoms. The number of amides is 2. The van der Waals surface area contributed by atoms with Gasteiger partial charge in [0.1, 0.15) is 11.4 Å². The molecule has 0 saturated carbocycles. The Hall–Kier alpha value is -3.72. The summed E-state index contributed by atoms with van der Waals surface area (Å²) in [6, 6.07) is 14.9. The first-order valence-corrected chi connectivity index (χ1v) is 11.0. The molecule has 2 heterocycles.